The van der Waals surface area contributed by atoms with Crippen molar-refractivity contribution in [3.63, 3.8) is 0 Å². The molecule has 1 aromatic heterocycles. The minimum atomic E-state index is -5.01. The van der Waals surface area contributed by atoms with Crippen LogP contribution in [0.5, 0.6) is 5.75 Å². The number of carbonyl (C=O) groups excluding carboxylic acids is 1. The highest BCUT2D eigenvalue weighted by Gasteiger charge is 2.56. The Morgan fingerprint density at radius 2 is 1.69 bits per heavy atom. The van der Waals surface area contributed by atoms with Gasteiger partial charge >= 0.3 is 6.18 Å². The van der Waals surface area contributed by atoms with Crippen LogP contribution < -0.4 is 5.43 Å². The zero-order valence-corrected chi connectivity index (χ0v) is 17.9. The number of phenols is 1. The van der Waals surface area contributed by atoms with Crippen LogP contribution in [-0.2, 0) is 12.0 Å². The SMILES string of the molecule is CC(=O)c1cccc(C(C)(C)CC(O)(Cn2ccc(=O)c3ccccc32)C(F)(F)F)c1O. The van der Waals surface area contributed by atoms with E-state index in [2.05, 4.69) is 0 Å². The molecular weight excluding hydrogens is 423 g/mol. The number of carbonyl (C=O) groups is 1. The molecule has 0 saturated carbocycles. The van der Waals surface area contributed by atoms with Gasteiger partial charge in [-0.15, -0.1) is 0 Å². The van der Waals surface area contributed by atoms with E-state index in [-0.39, 0.29) is 27.5 Å². The Morgan fingerprint density at radius 3 is 2.31 bits per heavy atom. The maximum atomic E-state index is 14.2. The molecule has 32 heavy (non-hydrogen) atoms. The van der Waals surface area contributed by atoms with Crippen molar-refractivity contribution in [1.82, 2.24) is 4.57 Å². The number of pyridine rings is 1. The fraction of sp³-hybridized carbons (Fsp3) is 0.333. The Hall–Kier alpha value is -3.13. The number of nitrogens with zero attached hydrogens (tertiary/aromatic N) is 1. The van der Waals surface area contributed by atoms with E-state index in [9.17, 15) is 33.0 Å². The number of aliphatic hydroxyl groups is 1. The van der Waals surface area contributed by atoms with Crippen molar-refractivity contribution in [3.05, 3.63) is 76.1 Å². The van der Waals surface area contributed by atoms with Crippen molar-refractivity contribution in [2.75, 3.05) is 0 Å². The van der Waals surface area contributed by atoms with Crippen LogP contribution in [-0.4, -0.2) is 32.3 Å². The smallest absolute Gasteiger partial charge is 0.418 e. The Balaban J connectivity index is 2.08. The lowest BCUT2D eigenvalue weighted by Gasteiger charge is -2.39. The molecule has 1 unspecified atom stereocenters. The standard InChI is InChI=1S/C24H24F3NO4/c1-15(29)16-8-6-9-18(21(16)31)22(2,3)13-23(32,24(25,26)27)14-28-12-11-20(30)17-7-4-5-10-19(17)28/h4-12,31-32H,13-14H2,1-3H3. The van der Waals surface area contributed by atoms with Crippen molar-refractivity contribution in [1.29, 1.82) is 0 Å². The van der Waals surface area contributed by atoms with Crippen molar-refractivity contribution in [2.24, 2.45) is 0 Å². The first-order chi connectivity index (χ1) is 14.8. The molecule has 0 spiro atoms. The third-order valence-corrected chi connectivity index (χ3v) is 5.72. The van der Waals surface area contributed by atoms with Crippen molar-refractivity contribution in [3.8, 4) is 5.75 Å². The topological polar surface area (TPSA) is 79.5 Å². The molecule has 0 aliphatic heterocycles. The second-order valence-electron chi connectivity index (χ2n) is 8.67. The number of Topliss-reactive ketones (excluding diaryl/α,β-unsaturated/α-hetero) is 1. The van der Waals surface area contributed by atoms with Crippen LogP contribution in [0.3, 0.4) is 0 Å². The number of rotatable bonds is 6. The van der Waals surface area contributed by atoms with Crippen LogP contribution in [0.4, 0.5) is 13.2 Å². The molecule has 2 aromatic carbocycles. The molecule has 5 nitrogen and oxygen atoms in total. The van der Waals surface area contributed by atoms with Crippen LogP contribution in [0.1, 0.15) is 43.1 Å². The molecule has 1 atom stereocenters. The second kappa shape index (κ2) is 8.09. The molecule has 0 saturated heterocycles. The van der Waals surface area contributed by atoms with E-state index < -0.39 is 41.7 Å². The van der Waals surface area contributed by atoms with E-state index in [4.69, 9.17) is 0 Å². The molecule has 3 aromatic rings. The number of aromatic nitrogens is 1. The molecule has 0 aliphatic rings. The molecule has 0 fully saturated rings. The number of ketones is 1. The van der Waals surface area contributed by atoms with Gasteiger partial charge in [-0.1, -0.05) is 38.1 Å². The predicted molar refractivity (Wildman–Crippen MR) is 115 cm³/mol. The molecule has 0 amide bonds. The molecule has 1 heterocycles. The van der Waals surface area contributed by atoms with E-state index in [1.807, 2.05) is 0 Å². The lowest BCUT2D eigenvalue weighted by atomic mass is 9.74. The van der Waals surface area contributed by atoms with Crippen molar-refractivity contribution >= 4 is 16.7 Å². The Bertz CT molecular complexity index is 1230. The van der Waals surface area contributed by atoms with Gasteiger partial charge in [0.2, 0.25) is 0 Å². The molecule has 0 bridgehead atoms. The first-order valence-corrected chi connectivity index (χ1v) is 9.97. The van der Waals surface area contributed by atoms with Gasteiger partial charge in [-0.05, 0) is 37.0 Å². The second-order valence-corrected chi connectivity index (χ2v) is 8.67. The summed E-state index contributed by atoms with van der Waals surface area (Å²) in [5.41, 5.74) is -4.49. The van der Waals surface area contributed by atoms with Crippen LogP contribution in [0.25, 0.3) is 10.9 Å². The van der Waals surface area contributed by atoms with Gasteiger partial charge in [0.05, 0.1) is 17.6 Å². The zero-order chi connectivity index (χ0) is 23.9. The number of halogens is 3. The number of benzene rings is 2. The summed E-state index contributed by atoms with van der Waals surface area (Å²) in [6, 6.07) is 11.7. The zero-order valence-electron chi connectivity index (χ0n) is 17.9. The molecule has 8 heteroatoms. The summed E-state index contributed by atoms with van der Waals surface area (Å²) in [5, 5.41) is 21.7. The van der Waals surface area contributed by atoms with E-state index in [1.165, 1.54) is 61.9 Å². The van der Waals surface area contributed by atoms with E-state index in [1.54, 1.807) is 12.1 Å². The van der Waals surface area contributed by atoms with Crippen LogP contribution in [0, 0.1) is 0 Å². The monoisotopic (exact) mass is 447 g/mol. The number of phenolic OH excluding ortho intramolecular Hbond substituents is 1. The predicted octanol–water partition coefficient (Wildman–Crippen LogP) is 4.57. The third kappa shape index (κ3) is 4.27. The van der Waals surface area contributed by atoms with Gasteiger partial charge in [0.1, 0.15) is 5.75 Å². The van der Waals surface area contributed by atoms with Gasteiger partial charge in [0.15, 0.2) is 16.8 Å². The summed E-state index contributed by atoms with van der Waals surface area (Å²) in [7, 11) is 0. The van der Waals surface area contributed by atoms with Crippen molar-refractivity contribution in [2.45, 2.75) is 50.9 Å². The fourth-order valence-corrected chi connectivity index (χ4v) is 4.13. The summed E-state index contributed by atoms with van der Waals surface area (Å²) < 4.78 is 43.7. The molecule has 0 radical (unpaired) electrons. The van der Waals surface area contributed by atoms with Crippen molar-refractivity contribution < 1.29 is 28.2 Å². The van der Waals surface area contributed by atoms with E-state index >= 15 is 0 Å². The highest BCUT2D eigenvalue weighted by Crippen LogP contribution is 2.45. The van der Waals surface area contributed by atoms with Crippen LogP contribution in [0.2, 0.25) is 0 Å². The molecular formula is C24H24F3NO4. The summed E-state index contributed by atoms with van der Waals surface area (Å²) in [4.78, 5) is 23.8. The highest BCUT2D eigenvalue weighted by molar-refractivity contribution is 5.97. The normalized spacial score (nSPS) is 14.3. The number of alkyl halides is 3. The van der Waals surface area contributed by atoms with Gasteiger partial charge in [-0.2, -0.15) is 13.2 Å². The van der Waals surface area contributed by atoms with Gasteiger partial charge in [-0.3, -0.25) is 9.59 Å². The average Bonchev–Trinajstić information content (AvgIpc) is 2.69. The maximum Gasteiger partial charge on any atom is 0.418 e. The molecule has 2 N–H and O–H groups in total. The first kappa shape index (κ1) is 23.5. The summed E-state index contributed by atoms with van der Waals surface area (Å²) in [6.45, 7) is 3.32. The van der Waals surface area contributed by atoms with Crippen LogP contribution >= 0.6 is 0 Å². The number of fused-ring (bicyclic) bond motifs is 1. The quantitative estimate of drug-likeness (QED) is 0.543. The molecule has 3 rings (SSSR count). The largest absolute Gasteiger partial charge is 0.507 e. The lowest BCUT2D eigenvalue weighted by Crippen LogP contribution is -2.52. The minimum absolute atomic E-state index is 0.00229. The average molecular weight is 447 g/mol. The van der Waals surface area contributed by atoms with Gasteiger partial charge in [0.25, 0.3) is 0 Å². The van der Waals surface area contributed by atoms with Gasteiger partial charge in [0, 0.05) is 23.2 Å². The summed E-state index contributed by atoms with van der Waals surface area (Å²) >= 11 is 0. The van der Waals surface area contributed by atoms with Gasteiger partial charge < -0.3 is 14.8 Å². The number of para-hydroxylation sites is 2. The Morgan fingerprint density at radius 1 is 1.03 bits per heavy atom. The summed E-state index contributed by atoms with van der Waals surface area (Å²) in [6.07, 6.45) is -4.58. The lowest BCUT2D eigenvalue weighted by molar-refractivity contribution is -0.271. The van der Waals surface area contributed by atoms with E-state index in [0.29, 0.717) is 0 Å². The Labute approximate surface area is 182 Å². The number of hydrogen-bond acceptors (Lipinski definition) is 4. The highest BCUT2D eigenvalue weighted by atomic mass is 19.4. The number of aromatic hydroxyl groups is 1. The van der Waals surface area contributed by atoms with Crippen LogP contribution in [0.15, 0.2) is 59.5 Å². The molecule has 170 valence electrons. The first-order valence-electron chi connectivity index (χ1n) is 9.97. The van der Waals surface area contributed by atoms with E-state index in [0.717, 1.165) is 6.07 Å². The molecule has 0 aliphatic carbocycles. The third-order valence-electron chi connectivity index (χ3n) is 5.72. The Kier molecular flexibility index (Phi) is 5.95. The minimum Gasteiger partial charge on any atom is -0.507 e. The summed E-state index contributed by atoms with van der Waals surface area (Å²) in [5.74, 6) is -0.825. The number of hydrogen-bond donors (Lipinski definition) is 2. The van der Waals surface area contributed by atoms with Gasteiger partial charge in [-0.25, -0.2) is 0 Å². The maximum absolute atomic E-state index is 14.2. The fourth-order valence-electron chi connectivity index (χ4n) is 4.13.